The molecule has 124 valence electrons. The van der Waals surface area contributed by atoms with Crippen molar-refractivity contribution in [3.05, 3.63) is 71.0 Å². The second kappa shape index (κ2) is 6.83. The molecule has 0 radical (unpaired) electrons. The van der Waals surface area contributed by atoms with Crippen LogP contribution in [0.4, 0.5) is 4.39 Å². The van der Waals surface area contributed by atoms with E-state index in [2.05, 4.69) is 0 Å². The summed E-state index contributed by atoms with van der Waals surface area (Å²) in [5.74, 6) is -1.40. The zero-order chi connectivity index (χ0) is 17.1. The molecule has 1 fully saturated rings. The molecule has 1 aliphatic rings. The van der Waals surface area contributed by atoms with Crippen LogP contribution in [0.5, 0.6) is 0 Å². The van der Waals surface area contributed by atoms with Gasteiger partial charge in [-0.05, 0) is 61.2 Å². The molecule has 0 aromatic heterocycles. The highest BCUT2D eigenvalue weighted by atomic mass is 19.1. The Kier molecular flexibility index (Phi) is 4.60. The topological polar surface area (TPSA) is 57.6 Å². The first-order valence-corrected chi connectivity index (χ1v) is 7.93. The minimum atomic E-state index is -1.01. The highest BCUT2D eigenvalue weighted by molar-refractivity contribution is 5.96. The van der Waals surface area contributed by atoms with Gasteiger partial charge in [0.05, 0.1) is 5.56 Å². The monoisotopic (exact) mass is 327 g/mol. The summed E-state index contributed by atoms with van der Waals surface area (Å²) in [6, 6.07) is 12.6. The number of hydrogen-bond donors (Lipinski definition) is 1. The van der Waals surface area contributed by atoms with Crippen LogP contribution in [0.3, 0.4) is 0 Å². The van der Waals surface area contributed by atoms with Crippen molar-refractivity contribution in [1.29, 1.82) is 0 Å². The number of aromatic carboxylic acids is 1. The number of amides is 1. The highest BCUT2D eigenvalue weighted by Crippen LogP contribution is 2.28. The van der Waals surface area contributed by atoms with Gasteiger partial charge in [0.1, 0.15) is 5.82 Å². The zero-order valence-corrected chi connectivity index (χ0v) is 13.1. The number of carbonyl (C=O) groups excluding carboxylic acids is 1. The lowest BCUT2D eigenvalue weighted by Gasteiger charge is -2.22. The fourth-order valence-corrected chi connectivity index (χ4v) is 2.70. The van der Waals surface area contributed by atoms with E-state index in [4.69, 9.17) is 5.11 Å². The first kappa shape index (κ1) is 16.2. The van der Waals surface area contributed by atoms with E-state index in [1.54, 1.807) is 23.1 Å². The molecule has 3 rings (SSSR count). The fraction of sp³-hybridized carbons (Fsp3) is 0.263. The third-order valence-corrected chi connectivity index (χ3v) is 4.16. The maximum absolute atomic E-state index is 13.3. The van der Waals surface area contributed by atoms with Gasteiger partial charge in [-0.25, -0.2) is 9.18 Å². The molecule has 0 unspecified atom stereocenters. The van der Waals surface area contributed by atoms with Crippen molar-refractivity contribution >= 4 is 11.9 Å². The molecule has 1 saturated carbocycles. The number of carboxylic acids is 1. The third-order valence-electron chi connectivity index (χ3n) is 4.16. The van der Waals surface area contributed by atoms with Crippen LogP contribution in [0.2, 0.25) is 0 Å². The number of halogens is 1. The fourth-order valence-electron chi connectivity index (χ4n) is 2.70. The van der Waals surface area contributed by atoms with E-state index in [-0.39, 0.29) is 23.3 Å². The highest BCUT2D eigenvalue weighted by Gasteiger charge is 2.32. The van der Waals surface area contributed by atoms with Crippen LogP contribution >= 0.6 is 0 Å². The quantitative estimate of drug-likeness (QED) is 0.885. The molecular weight excluding hydrogens is 309 g/mol. The van der Waals surface area contributed by atoms with Crippen LogP contribution in [-0.2, 0) is 6.42 Å². The van der Waals surface area contributed by atoms with Crippen molar-refractivity contribution in [3.63, 3.8) is 0 Å². The first-order valence-electron chi connectivity index (χ1n) is 7.93. The Labute approximate surface area is 139 Å². The van der Waals surface area contributed by atoms with Gasteiger partial charge >= 0.3 is 5.97 Å². The minimum Gasteiger partial charge on any atom is -0.478 e. The normalized spacial score (nSPS) is 13.5. The van der Waals surface area contributed by atoms with Crippen molar-refractivity contribution < 1.29 is 19.1 Å². The number of nitrogens with zero attached hydrogens (tertiary/aromatic N) is 1. The summed E-state index contributed by atoms with van der Waals surface area (Å²) in [6.45, 7) is 0.521. The summed E-state index contributed by atoms with van der Waals surface area (Å²) in [5.41, 5.74) is 1.49. The molecule has 1 amide bonds. The molecule has 0 bridgehead atoms. The lowest BCUT2D eigenvalue weighted by atomic mass is 10.1. The Balaban J connectivity index is 1.70. The maximum Gasteiger partial charge on any atom is 0.335 e. The molecular formula is C19H18FNO3. The van der Waals surface area contributed by atoms with E-state index >= 15 is 0 Å². The van der Waals surface area contributed by atoms with E-state index in [1.165, 1.54) is 24.3 Å². The molecule has 2 aromatic carbocycles. The van der Waals surface area contributed by atoms with Gasteiger partial charge in [-0.1, -0.05) is 12.1 Å². The summed E-state index contributed by atoms with van der Waals surface area (Å²) < 4.78 is 13.3. The number of carboxylic acid groups (broad SMARTS) is 1. The van der Waals surface area contributed by atoms with Crippen LogP contribution in [-0.4, -0.2) is 34.5 Å². The van der Waals surface area contributed by atoms with Gasteiger partial charge in [0.2, 0.25) is 0 Å². The van der Waals surface area contributed by atoms with Crippen LogP contribution < -0.4 is 0 Å². The molecule has 0 saturated heterocycles. The lowest BCUT2D eigenvalue weighted by molar-refractivity contribution is 0.0693. The van der Waals surface area contributed by atoms with E-state index in [9.17, 15) is 14.0 Å². The van der Waals surface area contributed by atoms with Crippen molar-refractivity contribution in [2.24, 2.45) is 0 Å². The molecule has 24 heavy (non-hydrogen) atoms. The van der Waals surface area contributed by atoms with Gasteiger partial charge in [-0.3, -0.25) is 4.79 Å². The van der Waals surface area contributed by atoms with Crippen molar-refractivity contribution in [2.75, 3.05) is 6.54 Å². The van der Waals surface area contributed by atoms with Crippen molar-refractivity contribution in [3.8, 4) is 0 Å². The third kappa shape index (κ3) is 3.79. The van der Waals surface area contributed by atoms with Gasteiger partial charge in [0.25, 0.3) is 5.91 Å². The van der Waals surface area contributed by atoms with E-state index < -0.39 is 5.97 Å². The largest absolute Gasteiger partial charge is 0.478 e. The SMILES string of the molecule is O=C(O)c1ccc(C(=O)N(CCc2cccc(F)c2)C2CC2)cc1. The van der Waals surface area contributed by atoms with Crippen molar-refractivity contribution in [1.82, 2.24) is 4.90 Å². The number of benzene rings is 2. The molecule has 0 atom stereocenters. The number of rotatable bonds is 6. The Morgan fingerprint density at radius 3 is 2.33 bits per heavy atom. The number of hydrogen-bond acceptors (Lipinski definition) is 2. The smallest absolute Gasteiger partial charge is 0.335 e. The molecule has 1 aliphatic carbocycles. The van der Waals surface area contributed by atoms with E-state index in [0.717, 1.165) is 18.4 Å². The minimum absolute atomic E-state index is 0.106. The molecule has 1 N–H and O–H groups in total. The van der Waals surface area contributed by atoms with E-state index in [1.807, 2.05) is 6.07 Å². The summed E-state index contributed by atoms with van der Waals surface area (Å²) in [6.07, 6.45) is 2.54. The Morgan fingerprint density at radius 2 is 1.75 bits per heavy atom. The summed E-state index contributed by atoms with van der Waals surface area (Å²) in [7, 11) is 0. The lowest BCUT2D eigenvalue weighted by Crippen LogP contribution is -2.35. The van der Waals surface area contributed by atoms with Gasteiger partial charge in [-0.2, -0.15) is 0 Å². The first-order chi connectivity index (χ1) is 11.5. The maximum atomic E-state index is 13.3. The molecule has 5 heteroatoms. The van der Waals surface area contributed by atoms with Crippen LogP contribution in [0, 0.1) is 5.82 Å². The van der Waals surface area contributed by atoms with Gasteiger partial charge in [0.15, 0.2) is 0 Å². The molecule has 0 heterocycles. The average molecular weight is 327 g/mol. The summed E-state index contributed by atoms with van der Waals surface area (Å²) in [4.78, 5) is 25.4. The van der Waals surface area contributed by atoms with Gasteiger partial charge in [-0.15, -0.1) is 0 Å². The predicted octanol–water partition coefficient (Wildman–Crippen LogP) is 3.37. The second-order valence-corrected chi connectivity index (χ2v) is 5.99. The van der Waals surface area contributed by atoms with Crippen LogP contribution in [0.15, 0.2) is 48.5 Å². The molecule has 4 nitrogen and oxygen atoms in total. The Morgan fingerprint density at radius 1 is 1.08 bits per heavy atom. The summed E-state index contributed by atoms with van der Waals surface area (Å²) >= 11 is 0. The van der Waals surface area contributed by atoms with Crippen molar-refractivity contribution in [2.45, 2.75) is 25.3 Å². The van der Waals surface area contributed by atoms with Gasteiger partial charge < -0.3 is 10.0 Å². The van der Waals surface area contributed by atoms with Crippen LogP contribution in [0.25, 0.3) is 0 Å². The zero-order valence-electron chi connectivity index (χ0n) is 13.1. The Hall–Kier alpha value is -2.69. The van der Waals surface area contributed by atoms with E-state index in [0.29, 0.717) is 18.5 Å². The number of carbonyl (C=O) groups is 2. The second-order valence-electron chi connectivity index (χ2n) is 5.99. The van der Waals surface area contributed by atoms with Crippen LogP contribution in [0.1, 0.15) is 39.1 Å². The molecule has 0 aliphatic heterocycles. The predicted molar refractivity (Wildman–Crippen MR) is 87.6 cm³/mol. The average Bonchev–Trinajstić information content (AvgIpc) is 3.40. The standard InChI is InChI=1S/C19H18FNO3/c20-16-3-1-2-13(12-16)10-11-21(17-8-9-17)18(22)14-4-6-15(7-5-14)19(23)24/h1-7,12,17H,8-11H2,(H,23,24). The molecule has 0 spiro atoms. The molecule has 2 aromatic rings. The van der Waals surface area contributed by atoms with Gasteiger partial charge in [0, 0.05) is 18.2 Å². The Bertz CT molecular complexity index is 753. The summed E-state index contributed by atoms with van der Waals surface area (Å²) in [5, 5.41) is 8.93.